The maximum atomic E-state index is 12.6. The Morgan fingerprint density at radius 1 is 0.815 bits per heavy atom. The SMILES string of the molecule is CCCCCCCCCC(CCCCCCC)OC(=O)C1CCN(C)CC1. The Bertz CT molecular complexity index is 350. The zero-order valence-corrected chi connectivity index (χ0v) is 18.6. The van der Waals surface area contributed by atoms with E-state index in [9.17, 15) is 4.79 Å². The fraction of sp³-hybridized carbons (Fsp3) is 0.958. The van der Waals surface area contributed by atoms with Crippen molar-refractivity contribution in [3.8, 4) is 0 Å². The van der Waals surface area contributed by atoms with Gasteiger partial charge in [0.2, 0.25) is 0 Å². The van der Waals surface area contributed by atoms with E-state index in [0.717, 1.165) is 38.8 Å². The van der Waals surface area contributed by atoms with Gasteiger partial charge in [-0.15, -0.1) is 0 Å². The fourth-order valence-corrected chi connectivity index (χ4v) is 4.07. The van der Waals surface area contributed by atoms with Gasteiger partial charge in [-0.2, -0.15) is 0 Å². The molecule has 3 nitrogen and oxygen atoms in total. The zero-order chi connectivity index (χ0) is 19.7. The molecule has 0 aromatic rings. The summed E-state index contributed by atoms with van der Waals surface area (Å²) in [5, 5.41) is 0. The number of ether oxygens (including phenoxy) is 1. The average molecular weight is 382 g/mol. The summed E-state index contributed by atoms with van der Waals surface area (Å²) in [5.41, 5.74) is 0. The number of esters is 1. The predicted molar refractivity (Wildman–Crippen MR) is 116 cm³/mol. The summed E-state index contributed by atoms with van der Waals surface area (Å²) < 4.78 is 6.02. The van der Waals surface area contributed by atoms with E-state index in [2.05, 4.69) is 25.8 Å². The van der Waals surface area contributed by atoms with Gasteiger partial charge in [-0.3, -0.25) is 4.79 Å². The Hall–Kier alpha value is -0.570. The highest BCUT2D eigenvalue weighted by Gasteiger charge is 2.26. The van der Waals surface area contributed by atoms with Gasteiger partial charge in [-0.25, -0.2) is 0 Å². The molecule has 160 valence electrons. The van der Waals surface area contributed by atoms with Crippen molar-refractivity contribution < 1.29 is 9.53 Å². The third kappa shape index (κ3) is 12.5. The minimum Gasteiger partial charge on any atom is -0.462 e. The van der Waals surface area contributed by atoms with Crippen LogP contribution in [0.3, 0.4) is 0 Å². The van der Waals surface area contributed by atoms with E-state index in [1.165, 1.54) is 77.0 Å². The van der Waals surface area contributed by atoms with Gasteiger partial charge in [0.1, 0.15) is 6.10 Å². The van der Waals surface area contributed by atoms with Crippen LogP contribution in [0, 0.1) is 5.92 Å². The first-order chi connectivity index (χ1) is 13.2. The highest BCUT2D eigenvalue weighted by Crippen LogP contribution is 2.22. The lowest BCUT2D eigenvalue weighted by Crippen LogP contribution is -2.35. The van der Waals surface area contributed by atoms with Crippen LogP contribution in [0.1, 0.15) is 117 Å². The minimum atomic E-state index is 0.0876. The summed E-state index contributed by atoms with van der Waals surface area (Å²) >= 11 is 0. The lowest BCUT2D eigenvalue weighted by Gasteiger charge is -2.29. The van der Waals surface area contributed by atoms with Crippen LogP contribution in [0.15, 0.2) is 0 Å². The number of hydrogen-bond donors (Lipinski definition) is 0. The van der Waals surface area contributed by atoms with Gasteiger partial charge in [0.05, 0.1) is 5.92 Å². The van der Waals surface area contributed by atoms with Crippen molar-refractivity contribution in [2.75, 3.05) is 20.1 Å². The summed E-state index contributed by atoms with van der Waals surface area (Å²) in [6.45, 7) is 6.58. The van der Waals surface area contributed by atoms with Crippen LogP contribution in [-0.2, 0) is 9.53 Å². The molecule has 0 aromatic heterocycles. The van der Waals surface area contributed by atoms with E-state index in [1.807, 2.05) is 0 Å². The molecule has 1 heterocycles. The molecule has 1 aliphatic heterocycles. The molecule has 1 fully saturated rings. The first-order valence-corrected chi connectivity index (χ1v) is 12.1. The van der Waals surface area contributed by atoms with Crippen LogP contribution in [0.4, 0.5) is 0 Å². The van der Waals surface area contributed by atoms with Gasteiger partial charge >= 0.3 is 5.97 Å². The summed E-state index contributed by atoms with van der Waals surface area (Å²) in [4.78, 5) is 14.9. The van der Waals surface area contributed by atoms with Gasteiger partial charge in [0.15, 0.2) is 0 Å². The van der Waals surface area contributed by atoms with Crippen LogP contribution < -0.4 is 0 Å². The number of hydrogen-bond acceptors (Lipinski definition) is 3. The van der Waals surface area contributed by atoms with Crippen LogP contribution in [0.2, 0.25) is 0 Å². The number of nitrogens with zero attached hydrogens (tertiary/aromatic N) is 1. The predicted octanol–water partition coefficient (Wildman–Crippen LogP) is 6.74. The standard InChI is InChI=1S/C24H47NO2/c1-4-6-8-10-11-13-15-17-23(16-14-12-9-7-5-2)27-24(26)22-18-20-25(3)21-19-22/h22-23H,4-21H2,1-3H3. The Kier molecular flexibility index (Phi) is 14.9. The molecule has 3 heteroatoms. The molecule has 1 unspecified atom stereocenters. The normalized spacial score (nSPS) is 17.1. The molecular formula is C24H47NO2. The molecule has 0 bridgehead atoms. The molecule has 0 N–H and O–H groups in total. The minimum absolute atomic E-state index is 0.0876. The number of rotatable bonds is 16. The van der Waals surface area contributed by atoms with Crippen LogP contribution >= 0.6 is 0 Å². The van der Waals surface area contributed by atoms with Crippen molar-refractivity contribution in [2.45, 2.75) is 123 Å². The molecule has 0 spiro atoms. The molecule has 0 radical (unpaired) electrons. The summed E-state index contributed by atoms with van der Waals surface area (Å²) in [5.74, 6) is 0.224. The van der Waals surface area contributed by atoms with E-state index >= 15 is 0 Å². The molecule has 0 aromatic carbocycles. The summed E-state index contributed by atoms with van der Waals surface area (Å²) in [6.07, 6.45) is 19.9. The van der Waals surface area contributed by atoms with Gasteiger partial charge in [-0.1, -0.05) is 78.1 Å². The molecule has 1 aliphatic rings. The third-order valence-electron chi connectivity index (χ3n) is 6.09. The largest absolute Gasteiger partial charge is 0.462 e. The maximum Gasteiger partial charge on any atom is 0.309 e. The van der Waals surface area contributed by atoms with Gasteiger partial charge in [-0.05, 0) is 58.7 Å². The average Bonchev–Trinajstić information content (AvgIpc) is 2.67. The Balaban J connectivity index is 2.29. The second kappa shape index (κ2) is 16.4. The quantitative estimate of drug-likeness (QED) is 0.219. The van der Waals surface area contributed by atoms with Gasteiger partial charge in [0, 0.05) is 0 Å². The van der Waals surface area contributed by atoms with E-state index in [1.54, 1.807) is 0 Å². The lowest BCUT2D eigenvalue weighted by atomic mass is 9.97. The van der Waals surface area contributed by atoms with Gasteiger partial charge in [0.25, 0.3) is 0 Å². The summed E-state index contributed by atoms with van der Waals surface area (Å²) in [7, 11) is 2.14. The Morgan fingerprint density at radius 2 is 1.26 bits per heavy atom. The van der Waals surface area contributed by atoms with Crippen LogP contribution in [-0.4, -0.2) is 37.1 Å². The Labute approximate surface area is 169 Å². The number of likely N-dealkylation sites (tertiary alicyclic amines) is 1. The van der Waals surface area contributed by atoms with E-state index in [0.29, 0.717) is 0 Å². The Morgan fingerprint density at radius 3 is 1.74 bits per heavy atom. The molecule has 0 saturated carbocycles. The topological polar surface area (TPSA) is 29.5 Å². The highest BCUT2D eigenvalue weighted by atomic mass is 16.5. The monoisotopic (exact) mass is 381 g/mol. The molecule has 0 aliphatic carbocycles. The number of unbranched alkanes of at least 4 members (excludes halogenated alkanes) is 10. The fourth-order valence-electron chi connectivity index (χ4n) is 4.07. The van der Waals surface area contributed by atoms with Crippen molar-refractivity contribution in [1.29, 1.82) is 0 Å². The molecular weight excluding hydrogens is 334 g/mol. The second-order valence-corrected chi connectivity index (χ2v) is 8.75. The summed E-state index contributed by atoms with van der Waals surface area (Å²) in [6, 6.07) is 0. The van der Waals surface area contributed by atoms with Crippen LogP contribution in [0.25, 0.3) is 0 Å². The molecule has 1 atom stereocenters. The number of carbonyl (C=O) groups is 1. The lowest BCUT2D eigenvalue weighted by molar-refractivity contribution is -0.156. The van der Waals surface area contributed by atoms with E-state index in [4.69, 9.17) is 4.74 Å². The van der Waals surface area contributed by atoms with Gasteiger partial charge < -0.3 is 9.64 Å². The van der Waals surface area contributed by atoms with Crippen molar-refractivity contribution in [1.82, 2.24) is 4.90 Å². The van der Waals surface area contributed by atoms with E-state index in [-0.39, 0.29) is 18.0 Å². The zero-order valence-electron chi connectivity index (χ0n) is 18.6. The van der Waals surface area contributed by atoms with Crippen molar-refractivity contribution >= 4 is 5.97 Å². The first kappa shape index (κ1) is 24.5. The number of piperidine rings is 1. The first-order valence-electron chi connectivity index (χ1n) is 12.1. The molecule has 1 saturated heterocycles. The second-order valence-electron chi connectivity index (χ2n) is 8.75. The smallest absolute Gasteiger partial charge is 0.309 e. The van der Waals surface area contributed by atoms with Crippen molar-refractivity contribution in [2.24, 2.45) is 5.92 Å². The molecule has 1 rings (SSSR count). The third-order valence-corrected chi connectivity index (χ3v) is 6.09. The molecule has 0 amide bonds. The van der Waals surface area contributed by atoms with Crippen molar-refractivity contribution in [3.05, 3.63) is 0 Å². The number of carbonyl (C=O) groups excluding carboxylic acids is 1. The maximum absolute atomic E-state index is 12.6. The van der Waals surface area contributed by atoms with Crippen LogP contribution in [0.5, 0.6) is 0 Å². The van der Waals surface area contributed by atoms with E-state index < -0.39 is 0 Å². The molecule has 27 heavy (non-hydrogen) atoms. The highest BCUT2D eigenvalue weighted by molar-refractivity contribution is 5.72. The van der Waals surface area contributed by atoms with Crippen molar-refractivity contribution in [3.63, 3.8) is 0 Å².